The van der Waals surface area contributed by atoms with Crippen molar-refractivity contribution in [3.05, 3.63) is 564 Å². The molecule has 690 valence electrons. The number of nitrogens with zero attached hydrogens (tertiary/aromatic N) is 6. The molecule has 0 spiro atoms. The van der Waals surface area contributed by atoms with Crippen molar-refractivity contribution in [2.24, 2.45) is 0 Å². The van der Waals surface area contributed by atoms with Gasteiger partial charge in [-0.2, -0.15) is 0 Å². The minimum Gasteiger partial charge on any atom is -0.456 e. The van der Waals surface area contributed by atoms with Crippen LogP contribution in [0.2, 0.25) is 0 Å². The second-order valence-electron chi connectivity index (χ2n) is 36.3. The normalized spacial score (nSPS) is 11.8. The van der Waals surface area contributed by atoms with Crippen LogP contribution >= 0.6 is 21.4 Å². The topological polar surface area (TPSA) is 88.3 Å². The first-order valence-electron chi connectivity index (χ1n) is 48.8. The Balaban J connectivity index is 0.000000116. The van der Waals surface area contributed by atoms with Gasteiger partial charge in [0.25, 0.3) is 0 Å². The first-order chi connectivity index (χ1) is 71.6. The standard InChI is InChI=1S/C54H36N4.C42H29N2OP.C36H28O3P2/c1-7-19-49-43(13-1)44-14-2-8-20-50(44)56(49)40-31-25-37(26-32-40)55(38-27-33-41(34-28-38)57-51-21-9-3-15-45(51)46-16-4-10-22-52(46)57)39-29-35-42(36-30-39)58-53-23-11-5-17-47(53)48-18-6-12-24-54(48)58;45-46(32-12-2-1-3-13-32,33-26-22-30(23-27-33)43-39-18-8-4-14-35(39)36-15-5-9-19-40(36)43)34-28-24-31(25-29-34)44-41-20-10-6-16-37(41)38-17-7-11-21-42(38)44;37-40(29-17-5-1-6-18-29,30-19-7-2-8-20-30)35-27-15-13-25-33(35)39-34-26-14-16-28-36(34)41(38,31-21-9-3-10-22-31)32-23-11-4-12-24-32/h1-36H;1-29H;1-28H. The summed E-state index contributed by atoms with van der Waals surface area (Å²) in [4.78, 5) is 2.36. The number of benzene rings is 22. The zero-order valence-electron chi connectivity index (χ0n) is 78.9. The maximum absolute atomic E-state index is 15.4. The van der Waals surface area contributed by atoms with E-state index in [1.54, 1.807) is 0 Å². The van der Waals surface area contributed by atoms with Crippen molar-refractivity contribution in [1.82, 2.24) is 22.8 Å². The first-order valence-corrected chi connectivity index (χ1v) is 54.0. The monoisotopic (exact) mass is 1920 g/mol. The highest BCUT2D eigenvalue weighted by atomic mass is 31.2. The van der Waals surface area contributed by atoms with E-state index < -0.39 is 21.4 Å². The van der Waals surface area contributed by atoms with Crippen molar-refractivity contribution in [3.8, 4) is 39.9 Å². The number of para-hydroxylation sites is 12. The van der Waals surface area contributed by atoms with Gasteiger partial charge in [0.15, 0.2) is 21.4 Å². The van der Waals surface area contributed by atoms with E-state index in [1.165, 1.54) is 87.0 Å². The molecule has 13 heteroatoms. The molecule has 0 fully saturated rings. The van der Waals surface area contributed by atoms with Crippen LogP contribution in [0.15, 0.2) is 564 Å². The van der Waals surface area contributed by atoms with Gasteiger partial charge in [0.1, 0.15) is 11.5 Å². The van der Waals surface area contributed by atoms with Crippen molar-refractivity contribution in [3.63, 3.8) is 0 Å². The second-order valence-corrected chi connectivity index (χ2v) is 44.5. The molecule has 0 aliphatic rings. The van der Waals surface area contributed by atoms with Gasteiger partial charge in [-0.3, -0.25) is 0 Å². The highest BCUT2D eigenvalue weighted by Gasteiger charge is 2.37. The molecule has 0 saturated heterocycles. The molecule has 0 bridgehead atoms. The summed E-state index contributed by atoms with van der Waals surface area (Å²) in [6.07, 6.45) is 0. The molecular weight excluding hydrogens is 1830 g/mol. The van der Waals surface area contributed by atoms with Gasteiger partial charge in [0, 0.05) is 136 Å². The Morgan fingerprint density at radius 3 is 0.497 bits per heavy atom. The lowest BCUT2D eigenvalue weighted by Gasteiger charge is -2.26. The largest absolute Gasteiger partial charge is 0.456 e. The number of anilines is 3. The Bertz CT molecular complexity index is 8660. The van der Waals surface area contributed by atoms with Gasteiger partial charge in [-0.1, -0.05) is 358 Å². The van der Waals surface area contributed by atoms with Gasteiger partial charge in [0.2, 0.25) is 0 Å². The molecule has 27 aromatic rings. The van der Waals surface area contributed by atoms with Crippen LogP contribution in [0.25, 0.3) is 137 Å². The fourth-order valence-electron chi connectivity index (χ4n) is 21.5. The van der Waals surface area contributed by atoms with Crippen molar-refractivity contribution >= 4 is 195 Å². The molecule has 0 amide bonds. The van der Waals surface area contributed by atoms with Crippen molar-refractivity contribution in [2.75, 3.05) is 4.90 Å². The van der Waals surface area contributed by atoms with E-state index in [0.29, 0.717) is 22.1 Å². The van der Waals surface area contributed by atoms with Crippen LogP contribution in [0, 0.1) is 0 Å². The molecular formula is C132H93N6O4P3. The van der Waals surface area contributed by atoms with Crippen LogP contribution in [0.5, 0.6) is 11.5 Å². The van der Waals surface area contributed by atoms with Crippen LogP contribution in [0.4, 0.5) is 17.1 Å². The van der Waals surface area contributed by atoms with Gasteiger partial charge in [-0.05, 0) is 206 Å². The zero-order chi connectivity index (χ0) is 96.9. The molecule has 0 atom stereocenters. The third kappa shape index (κ3) is 15.5. The summed E-state index contributed by atoms with van der Waals surface area (Å²) in [5.74, 6) is 0.923. The summed E-state index contributed by atoms with van der Waals surface area (Å²) < 4.78 is 64.3. The van der Waals surface area contributed by atoms with Gasteiger partial charge in [0.05, 0.1) is 65.8 Å². The van der Waals surface area contributed by atoms with E-state index in [0.717, 1.165) is 105 Å². The summed E-state index contributed by atoms with van der Waals surface area (Å²) in [7, 11) is -9.81. The van der Waals surface area contributed by atoms with Crippen LogP contribution in [0.1, 0.15) is 0 Å². The van der Waals surface area contributed by atoms with Crippen LogP contribution in [-0.4, -0.2) is 22.8 Å². The maximum Gasteiger partial charge on any atom is 0.174 e. The Morgan fingerprint density at radius 1 is 0.145 bits per heavy atom. The quantitative estimate of drug-likeness (QED) is 0.0753. The minimum atomic E-state index is -3.32. The molecule has 5 heterocycles. The fourth-order valence-corrected chi connectivity index (χ4v) is 29.7. The number of hydrogen-bond donors (Lipinski definition) is 0. The molecule has 0 unspecified atom stereocenters. The summed E-state index contributed by atoms with van der Waals surface area (Å²) >= 11 is 0. The molecule has 0 N–H and O–H groups in total. The van der Waals surface area contributed by atoms with Crippen LogP contribution in [0.3, 0.4) is 0 Å². The summed E-state index contributed by atoms with van der Waals surface area (Å²) in [5, 5.41) is 18.9. The summed E-state index contributed by atoms with van der Waals surface area (Å²) in [5.41, 5.74) is 20.6. The van der Waals surface area contributed by atoms with Crippen molar-refractivity contribution in [2.45, 2.75) is 0 Å². The zero-order valence-corrected chi connectivity index (χ0v) is 81.5. The van der Waals surface area contributed by atoms with E-state index in [-0.39, 0.29) is 0 Å². The number of aromatic nitrogens is 5. The predicted molar refractivity (Wildman–Crippen MR) is 610 cm³/mol. The molecule has 27 rings (SSSR count). The molecule has 0 radical (unpaired) electrons. The fraction of sp³-hybridized carbons (Fsp3) is 0. The number of ether oxygens (including phenoxy) is 1. The number of hydrogen-bond acceptors (Lipinski definition) is 5. The van der Waals surface area contributed by atoms with E-state index >= 15 is 13.7 Å². The molecule has 0 aliphatic carbocycles. The summed E-state index contributed by atoms with van der Waals surface area (Å²) in [6.45, 7) is 0. The SMILES string of the molecule is O=P(c1ccccc1)(c1ccc(-n2c3ccccc3c3ccccc32)cc1)c1ccc(-n2c3ccccc3c3ccccc32)cc1.O=P(c1ccccc1)(c1ccccc1)c1ccccc1Oc1ccccc1P(=O)(c1ccccc1)c1ccccc1.c1ccc2c(c1)c1ccccc1n2-c1ccc(N(c2ccc(-n3c4ccccc4c4ccccc43)cc2)c2ccc(-n3c4ccccc4c4ccccc43)cc2)cc1. The van der Waals surface area contributed by atoms with Gasteiger partial charge in [-0.15, -0.1) is 0 Å². The molecule has 5 aromatic heterocycles. The van der Waals surface area contributed by atoms with Crippen LogP contribution in [-0.2, 0) is 13.7 Å². The van der Waals surface area contributed by atoms with Gasteiger partial charge >= 0.3 is 0 Å². The van der Waals surface area contributed by atoms with Gasteiger partial charge < -0.3 is 46.2 Å². The van der Waals surface area contributed by atoms with E-state index in [9.17, 15) is 0 Å². The minimum absolute atomic E-state index is 0.462. The lowest BCUT2D eigenvalue weighted by molar-refractivity contribution is 0.489. The molecule has 22 aromatic carbocycles. The molecule has 145 heavy (non-hydrogen) atoms. The lowest BCUT2D eigenvalue weighted by atomic mass is 10.1. The highest BCUT2D eigenvalue weighted by Crippen LogP contribution is 2.51. The Labute approximate surface area is 839 Å². The maximum atomic E-state index is 15.4. The van der Waals surface area contributed by atoms with E-state index in [2.05, 4.69) is 367 Å². The smallest absolute Gasteiger partial charge is 0.174 e. The Morgan fingerprint density at radius 2 is 0.297 bits per heavy atom. The average Bonchev–Trinajstić information content (AvgIpc) is 1.71. The molecule has 0 saturated carbocycles. The predicted octanol–water partition coefficient (Wildman–Crippen LogP) is 30.7. The first kappa shape index (κ1) is 88.5. The van der Waals surface area contributed by atoms with E-state index in [1.807, 2.05) is 224 Å². The molecule has 0 aliphatic heterocycles. The van der Waals surface area contributed by atoms with E-state index in [4.69, 9.17) is 4.74 Å². The average molecular weight is 1920 g/mol. The summed E-state index contributed by atoms with van der Waals surface area (Å²) in [6, 6.07) is 193. The third-order valence-electron chi connectivity index (χ3n) is 28.2. The van der Waals surface area contributed by atoms with Crippen LogP contribution < -0.4 is 57.4 Å². The Hall–Kier alpha value is -17.9. The van der Waals surface area contributed by atoms with Crippen molar-refractivity contribution < 1.29 is 18.4 Å². The Kier molecular flexibility index (Phi) is 23.0. The third-order valence-corrected chi connectivity index (χ3v) is 37.4. The number of fused-ring (bicyclic) bond motifs is 15. The second kappa shape index (κ2) is 37.6. The number of rotatable bonds is 19. The van der Waals surface area contributed by atoms with Gasteiger partial charge in [-0.25, -0.2) is 0 Å². The lowest BCUT2D eigenvalue weighted by Crippen LogP contribution is -2.27. The highest BCUT2D eigenvalue weighted by molar-refractivity contribution is 7.86. The molecule has 10 nitrogen and oxygen atoms in total. The van der Waals surface area contributed by atoms with Crippen molar-refractivity contribution in [1.29, 1.82) is 0 Å².